The van der Waals surface area contributed by atoms with Crippen LogP contribution in [0.4, 0.5) is 24.8 Å². The predicted octanol–water partition coefficient (Wildman–Crippen LogP) is 3.84. The maximum Gasteiger partial charge on any atom is 0.416 e. The SMILES string of the molecule is CNc1cc(C(F)(F)F)cc(N(C)Cc2cccs2)n1. The zero-order valence-corrected chi connectivity index (χ0v) is 11.8. The summed E-state index contributed by atoms with van der Waals surface area (Å²) in [5.74, 6) is 0.491. The monoisotopic (exact) mass is 301 g/mol. The van der Waals surface area contributed by atoms with Crippen LogP contribution >= 0.6 is 11.3 Å². The van der Waals surface area contributed by atoms with E-state index in [1.54, 1.807) is 30.3 Å². The highest BCUT2D eigenvalue weighted by molar-refractivity contribution is 7.09. The van der Waals surface area contributed by atoms with Crippen LogP contribution in [0.1, 0.15) is 10.4 Å². The molecule has 0 aliphatic carbocycles. The van der Waals surface area contributed by atoms with Crippen molar-refractivity contribution in [1.29, 1.82) is 0 Å². The number of anilines is 2. The van der Waals surface area contributed by atoms with Gasteiger partial charge in [-0.2, -0.15) is 13.2 Å². The number of nitrogens with zero attached hydrogens (tertiary/aromatic N) is 2. The minimum atomic E-state index is -4.38. The van der Waals surface area contributed by atoms with E-state index in [0.29, 0.717) is 6.54 Å². The second kappa shape index (κ2) is 5.70. The highest BCUT2D eigenvalue weighted by Crippen LogP contribution is 2.33. The van der Waals surface area contributed by atoms with Crippen LogP contribution in [0.3, 0.4) is 0 Å². The number of nitrogens with one attached hydrogen (secondary N) is 1. The molecule has 0 fully saturated rings. The predicted molar refractivity (Wildman–Crippen MR) is 75.2 cm³/mol. The summed E-state index contributed by atoms with van der Waals surface area (Å²) in [7, 11) is 3.27. The molecule has 20 heavy (non-hydrogen) atoms. The standard InChI is InChI=1S/C13H14F3N3S/c1-17-11-6-9(13(14,15)16)7-12(18-11)19(2)8-10-4-3-5-20-10/h3-7H,8H2,1-2H3,(H,17,18). The van der Waals surface area contributed by atoms with Gasteiger partial charge in [-0.15, -0.1) is 11.3 Å². The highest BCUT2D eigenvalue weighted by atomic mass is 32.1. The quantitative estimate of drug-likeness (QED) is 0.930. The lowest BCUT2D eigenvalue weighted by Gasteiger charge is -2.20. The molecular formula is C13H14F3N3S. The smallest absolute Gasteiger partial charge is 0.373 e. The molecular weight excluding hydrogens is 287 g/mol. The Morgan fingerprint density at radius 3 is 2.65 bits per heavy atom. The summed E-state index contributed by atoms with van der Waals surface area (Å²) in [6.07, 6.45) is -4.38. The number of pyridine rings is 1. The summed E-state index contributed by atoms with van der Waals surface area (Å²) >= 11 is 1.56. The first-order chi connectivity index (χ1) is 9.40. The molecule has 0 amide bonds. The summed E-state index contributed by atoms with van der Waals surface area (Å²) < 4.78 is 38.6. The molecule has 0 bridgehead atoms. The third kappa shape index (κ3) is 3.41. The van der Waals surface area contributed by atoms with Gasteiger partial charge in [0.15, 0.2) is 0 Å². The van der Waals surface area contributed by atoms with Crippen molar-refractivity contribution in [3.63, 3.8) is 0 Å². The van der Waals surface area contributed by atoms with Crippen LogP contribution in [0.5, 0.6) is 0 Å². The molecule has 0 aliphatic rings. The largest absolute Gasteiger partial charge is 0.416 e. The molecule has 3 nitrogen and oxygen atoms in total. The zero-order valence-electron chi connectivity index (χ0n) is 11.0. The normalized spacial score (nSPS) is 11.4. The molecule has 108 valence electrons. The summed E-state index contributed by atoms with van der Waals surface area (Å²) in [6, 6.07) is 5.91. The number of alkyl halides is 3. The van der Waals surface area contributed by atoms with Gasteiger partial charge in [0.05, 0.1) is 12.1 Å². The Bertz CT molecular complexity index is 567. The van der Waals surface area contributed by atoms with E-state index in [9.17, 15) is 13.2 Å². The van der Waals surface area contributed by atoms with Gasteiger partial charge in [-0.05, 0) is 23.6 Å². The van der Waals surface area contributed by atoms with E-state index < -0.39 is 11.7 Å². The van der Waals surface area contributed by atoms with Gasteiger partial charge in [0.1, 0.15) is 11.6 Å². The number of halogens is 3. The van der Waals surface area contributed by atoms with Crippen LogP contribution < -0.4 is 10.2 Å². The average Bonchev–Trinajstić information content (AvgIpc) is 2.90. The van der Waals surface area contributed by atoms with Gasteiger partial charge in [-0.3, -0.25) is 0 Å². The lowest BCUT2D eigenvalue weighted by molar-refractivity contribution is -0.137. The van der Waals surface area contributed by atoms with E-state index in [-0.39, 0.29) is 11.6 Å². The maximum absolute atomic E-state index is 12.9. The fraction of sp³-hybridized carbons (Fsp3) is 0.308. The van der Waals surface area contributed by atoms with Crippen LogP contribution in [0.25, 0.3) is 0 Å². The lowest BCUT2D eigenvalue weighted by atomic mass is 10.2. The fourth-order valence-electron chi connectivity index (χ4n) is 1.72. The topological polar surface area (TPSA) is 28.2 Å². The molecule has 1 N–H and O–H groups in total. The molecule has 2 heterocycles. The minimum absolute atomic E-state index is 0.202. The Labute approximate surface area is 119 Å². The number of thiophene rings is 1. The molecule has 2 aromatic heterocycles. The molecule has 0 aliphatic heterocycles. The van der Waals surface area contributed by atoms with E-state index in [1.165, 1.54) is 0 Å². The van der Waals surface area contributed by atoms with Crippen LogP contribution in [0.15, 0.2) is 29.6 Å². The Balaban J connectivity index is 2.30. The van der Waals surface area contributed by atoms with Gasteiger partial charge in [0.25, 0.3) is 0 Å². The Morgan fingerprint density at radius 1 is 1.35 bits per heavy atom. The summed E-state index contributed by atoms with van der Waals surface area (Å²) in [5.41, 5.74) is -0.704. The number of hydrogen-bond donors (Lipinski definition) is 1. The van der Waals surface area contributed by atoms with Gasteiger partial charge >= 0.3 is 6.18 Å². The van der Waals surface area contributed by atoms with E-state index in [4.69, 9.17) is 0 Å². The summed E-state index contributed by atoms with van der Waals surface area (Å²) in [4.78, 5) is 6.93. The van der Waals surface area contributed by atoms with Crippen LogP contribution in [0.2, 0.25) is 0 Å². The number of rotatable bonds is 4. The van der Waals surface area contributed by atoms with Gasteiger partial charge in [0, 0.05) is 19.0 Å². The third-order valence-corrected chi connectivity index (χ3v) is 3.62. The van der Waals surface area contributed by atoms with E-state index in [1.807, 2.05) is 17.5 Å². The fourth-order valence-corrected chi connectivity index (χ4v) is 2.48. The van der Waals surface area contributed by atoms with E-state index in [0.717, 1.165) is 17.0 Å². The first kappa shape index (κ1) is 14.6. The molecule has 0 radical (unpaired) electrons. The lowest BCUT2D eigenvalue weighted by Crippen LogP contribution is -2.19. The first-order valence-corrected chi connectivity index (χ1v) is 6.78. The van der Waals surface area contributed by atoms with Crippen molar-refractivity contribution in [2.45, 2.75) is 12.7 Å². The molecule has 0 saturated carbocycles. The van der Waals surface area contributed by atoms with Crippen molar-refractivity contribution >= 4 is 23.0 Å². The molecule has 0 saturated heterocycles. The number of hydrogen-bond acceptors (Lipinski definition) is 4. The Kier molecular flexibility index (Phi) is 4.17. The molecule has 0 unspecified atom stereocenters. The van der Waals surface area contributed by atoms with Crippen molar-refractivity contribution in [3.05, 3.63) is 40.1 Å². The van der Waals surface area contributed by atoms with Crippen molar-refractivity contribution in [3.8, 4) is 0 Å². The molecule has 0 aromatic carbocycles. The Morgan fingerprint density at radius 2 is 2.10 bits per heavy atom. The van der Waals surface area contributed by atoms with Crippen molar-refractivity contribution in [2.24, 2.45) is 0 Å². The Hall–Kier alpha value is -1.76. The van der Waals surface area contributed by atoms with Crippen molar-refractivity contribution in [2.75, 3.05) is 24.3 Å². The molecule has 7 heteroatoms. The molecule has 0 spiro atoms. The molecule has 2 aromatic rings. The highest BCUT2D eigenvalue weighted by Gasteiger charge is 2.32. The van der Waals surface area contributed by atoms with Crippen molar-refractivity contribution in [1.82, 2.24) is 4.98 Å². The second-order valence-electron chi connectivity index (χ2n) is 4.28. The second-order valence-corrected chi connectivity index (χ2v) is 5.31. The van der Waals surface area contributed by atoms with E-state index in [2.05, 4.69) is 10.3 Å². The van der Waals surface area contributed by atoms with Gasteiger partial charge in [0.2, 0.25) is 0 Å². The van der Waals surface area contributed by atoms with Gasteiger partial charge in [-0.1, -0.05) is 6.07 Å². The number of aromatic nitrogens is 1. The van der Waals surface area contributed by atoms with Crippen LogP contribution in [0, 0.1) is 0 Å². The molecule has 2 rings (SSSR count). The molecule has 0 atom stereocenters. The minimum Gasteiger partial charge on any atom is -0.373 e. The summed E-state index contributed by atoms with van der Waals surface area (Å²) in [6.45, 7) is 0.523. The van der Waals surface area contributed by atoms with Crippen molar-refractivity contribution < 1.29 is 13.2 Å². The van der Waals surface area contributed by atoms with E-state index >= 15 is 0 Å². The van der Waals surface area contributed by atoms with Gasteiger partial charge < -0.3 is 10.2 Å². The summed E-state index contributed by atoms with van der Waals surface area (Å²) in [5, 5.41) is 4.59. The first-order valence-electron chi connectivity index (χ1n) is 5.90. The zero-order chi connectivity index (χ0) is 14.8. The maximum atomic E-state index is 12.9. The van der Waals surface area contributed by atoms with Crippen LogP contribution in [-0.2, 0) is 12.7 Å². The average molecular weight is 301 g/mol. The van der Waals surface area contributed by atoms with Crippen LogP contribution in [-0.4, -0.2) is 19.1 Å². The third-order valence-electron chi connectivity index (χ3n) is 2.76. The van der Waals surface area contributed by atoms with Gasteiger partial charge in [-0.25, -0.2) is 4.98 Å².